The predicted octanol–water partition coefficient (Wildman–Crippen LogP) is 6.90. The van der Waals surface area contributed by atoms with Gasteiger partial charge in [0.2, 0.25) is 0 Å². The van der Waals surface area contributed by atoms with E-state index in [1.807, 2.05) is 22.7 Å². The monoisotopic (exact) mass is 480 g/mol. The zero-order valence-corrected chi connectivity index (χ0v) is 22.4. The number of hydrogen-bond donors (Lipinski definition) is 0. The average molecular weight is 481 g/mol. The standard InChI is InChI=1S/C26H33ClN4OSi/c1-16(2)33(17(3)4,18(5)6)13-12-20-10-11-21(29-26(20)27)22-15-28-24-14-23(32-7)25(19-8-9-19)30-31(22)24/h10-11,14-19H,8-9H2,1-7H3. The third-order valence-electron chi connectivity index (χ3n) is 7.06. The smallest absolute Gasteiger partial charge is 0.157 e. The second-order valence-corrected chi connectivity index (χ2v) is 15.9. The van der Waals surface area contributed by atoms with Gasteiger partial charge in [0.15, 0.2) is 5.65 Å². The van der Waals surface area contributed by atoms with Gasteiger partial charge >= 0.3 is 0 Å². The quantitative estimate of drug-likeness (QED) is 0.219. The van der Waals surface area contributed by atoms with Crippen molar-refractivity contribution < 1.29 is 4.74 Å². The molecule has 0 saturated heterocycles. The largest absolute Gasteiger partial charge is 0.495 e. The van der Waals surface area contributed by atoms with Crippen molar-refractivity contribution in [3.8, 4) is 28.6 Å². The van der Waals surface area contributed by atoms with Crippen LogP contribution in [0.4, 0.5) is 0 Å². The predicted molar refractivity (Wildman–Crippen MR) is 138 cm³/mol. The van der Waals surface area contributed by atoms with Crippen LogP contribution < -0.4 is 4.74 Å². The molecule has 3 aromatic rings. The van der Waals surface area contributed by atoms with Crippen LogP contribution in [0.25, 0.3) is 17.0 Å². The van der Waals surface area contributed by atoms with Crippen LogP contribution in [0.2, 0.25) is 21.8 Å². The molecule has 174 valence electrons. The van der Waals surface area contributed by atoms with Crippen LogP contribution >= 0.6 is 11.6 Å². The van der Waals surface area contributed by atoms with Gasteiger partial charge < -0.3 is 4.74 Å². The first-order valence-corrected chi connectivity index (χ1v) is 14.4. The Hall–Kier alpha value is -2.36. The van der Waals surface area contributed by atoms with E-state index < -0.39 is 8.07 Å². The van der Waals surface area contributed by atoms with Crippen molar-refractivity contribution in [2.24, 2.45) is 0 Å². The van der Waals surface area contributed by atoms with Crippen LogP contribution in [-0.2, 0) is 0 Å². The van der Waals surface area contributed by atoms with Gasteiger partial charge in [0, 0.05) is 12.0 Å². The molecule has 0 bridgehead atoms. The molecule has 1 fully saturated rings. The number of imidazole rings is 1. The molecule has 0 atom stereocenters. The number of rotatable bonds is 6. The molecule has 33 heavy (non-hydrogen) atoms. The van der Waals surface area contributed by atoms with Crippen molar-refractivity contribution in [3.05, 3.63) is 40.8 Å². The topological polar surface area (TPSA) is 52.3 Å². The third-order valence-corrected chi connectivity index (χ3v) is 13.6. The third kappa shape index (κ3) is 4.29. The van der Waals surface area contributed by atoms with Crippen LogP contribution in [0.3, 0.4) is 0 Å². The van der Waals surface area contributed by atoms with Crippen molar-refractivity contribution in [2.45, 2.75) is 76.9 Å². The molecule has 0 aromatic carbocycles. The molecule has 0 spiro atoms. The fourth-order valence-electron chi connectivity index (χ4n) is 5.17. The molecule has 7 heteroatoms. The zero-order valence-electron chi connectivity index (χ0n) is 20.6. The van der Waals surface area contributed by atoms with Gasteiger partial charge in [-0.05, 0) is 41.6 Å². The summed E-state index contributed by atoms with van der Waals surface area (Å²) in [6.45, 7) is 13.9. The van der Waals surface area contributed by atoms with Crippen LogP contribution in [0.15, 0.2) is 24.4 Å². The van der Waals surface area contributed by atoms with Crippen molar-refractivity contribution in [1.29, 1.82) is 0 Å². The molecule has 3 heterocycles. The van der Waals surface area contributed by atoms with Gasteiger partial charge in [0.1, 0.15) is 30.4 Å². The molecule has 0 unspecified atom stereocenters. The molecule has 3 aromatic heterocycles. The molecule has 0 radical (unpaired) electrons. The molecule has 1 aliphatic carbocycles. The number of halogens is 1. The molecule has 5 nitrogen and oxygen atoms in total. The van der Waals surface area contributed by atoms with Crippen LogP contribution in [0.1, 0.15) is 71.6 Å². The van der Waals surface area contributed by atoms with Gasteiger partial charge in [-0.3, -0.25) is 0 Å². The van der Waals surface area contributed by atoms with Crippen molar-refractivity contribution in [3.63, 3.8) is 0 Å². The van der Waals surface area contributed by atoms with Crippen LogP contribution in [0.5, 0.6) is 5.75 Å². The van der Waals surface area contributed by atoms with E-state index in [0.29, 0.717) is 27.7 Å². The first-order chi connectivity index (χ1) is 15.7. The van der Waals surface area contributed by atoms with Gasteiger partial charge in [-0.1, -0.05) is 59.1 Å². The van der Waals surface area contributed by atoms with Gasteiger partial charge in [0.05, 0.1) is 24.6 Å². The average Bonchev–Trinajstić information content (AvgIpc) is 3.53. The van der Waals surface area contributed by atoms with E-state index in [9.17, 15) is 0 Å². The van der Waals surface area contributed by atoms with E-state index in [4.69, 9.17) is 21.4 Å². The number of aromatic nitrogens is 4. The maximum atomic E-state index is 6.64. The highest BCUT2D eigenvalue weighted by Gasteiger charge is 2.41. The first-order valence-electron chi connectivity index (χ1n) is 11.8. The Labute approximate surface area is 202 Å². The van der Waals surface area contributed by atoms with Gasteiger partial charge in [0.25, 0.3) is 0 Å². The second-order valence-electron chi connectivity index (χ2n) is 9.97. The van der Waals surface area contributed by atoms with E-state index >= 15 is 0 Å². The highest BCUT2D eigenvalue weighted by atomic mass is 35.5. The van der Waals surface area contributed by atoms with E-state index in [1.165, 1.54) is 0 Å². The van der Waals surface area contributed by atoms with E-state index in [0.717, 1.165) is 46.9 Å². The highest BCUT2D eigenvalue weighted by Crippen LogP contribution is 2.43. The molecule has 0 N–H and O–H groups in total. The summed E-state index contributed by atoms with van der Waals surface area (Å²) < 4.78 is 7.39. The fourth-order valence-corrected chi connectivity index (χ4v) is 10.6. The minimum Gasteiger partial charge on any atom is -0.495 e. The Kier molecular flexibility index (Phi) is 6.57. The number of fused-ring (bicyclic) bond motifs is 1. The summed E-state index contributed by atoms with van der Waals surface area (Å²) in [6, 6.07) is 5.88. The number of hydrogen-bond acceptors (Lipinski definition) is 4. The molecule has 0 amide bonds. The lowest BCUT2D eigenvalue weighted by Crippen LogP contribution is -2.43. The molecule has 1 aliphatic rings. The molecule has 1 saturated carbocycles. The number of ether oxygens (including phenoxy) is 1. The molecule has 4 rings (SSSR count). The molecular weight excluding hydrogens is 448 g/mol. The summed E-state index contributed by atoms with van der Waals surface area (Å²) in [5, 5.41) is 5.27. The van der Waals surface area contributed by atoms with E-state index in [2.05, 4.69) is 63.0 Å². The summed E-state index contributed by atoms with van der Waals surface area (Å²) in [7, 11) is -0.160. The maximum absolute atomic E-state index is 6.64. The van der Waals surface area contributed by atoms with Gasteiger partial charge in [-0.15, -0.1) is 5.54 Å². The number of methoxy groups -OCH3 is 1. The normalized spacial score (nSPS) is 14.3. The Morgan fingerprint density at radius 1 is 1.09 bits per heavy atom. The van der Waals surface area contributed by atoms with Crippen LogP contribution in [-0.4, -0.2) is 34.8 Å². The number of nitrogens with zero attached hydrogens (tertiary/aromatic N) is 4. The Morgan fingerprint density at radius 3 is 2.30 bits per heavy atom. The van der Waals surface area contributed by atoms with Gasteiger partial charge in [-0.2, -0.15) is 5.10 Å². The first kappa shape index (κ1) is 23.8. The van der Waals surface area contributed by atoms with Crippen molar-refractivity contribution in [2.75, 3.05) is 7.11 Å². The maximum Gasteiger partial charge on any atom is 0.157 e. The minimum atomic E-state index is -1.84. The zero-order chi connectivity index (χ0) is 23.9. The van der Waals surface area contributed by atoms with Crippen molar-refractivity contribution >= 4 is 25.3 Å². The highest BCUT2D eigenvalue weighted by molar-refractivity contribution is 6.90. The Bertz CT molecular complexity index is 1210. The minimum absolute atomic E-state index is 0.421. The Balaban J connectivity index is 1.73. The summed E-state index contributed by atoms with van der Waals surface area (Å²) in [6.07, 6.45) is 4.07. The SMILES string of the molecule is COc1cc2ncc(-c3ccc(C#C[Si](C(C)C)(C(C)C)C(C)C)c(Cl)n3)n2nc1C1CC1. The summed E-state index contributed by atoms with van der Waals surface area (Å²) in [5.41, 5.74) is 9.47. The Morgan fingerprint density at radius 2 is 1.76 bits per heavy atom. The summed E-state index contributed by atoms with van der Waals surface area (Å²) >= 11 is 6.64. The lowest BCUT2D eigenvalue weighted by atomic mass is 10.2. The molecule has 0 aliphatic heterocycles. The molecular formula is C26H33ClN4OSi. The van der Waals surface area contributed by atoms with E-state index in [-0.39, 0.29) is 0 Å². The lowest BCUT2D eigenvalue weighted by molar-refractivity contribution is 0.405. The number of pyridine rings is 1. The fraction of sp³-hybridized carbons (Fsp3) is 0.500. The van der Waals surface area contributed by atoms with Crippen molar-refractivity contribution in [1.82, 2.24) is 19.6 Å². The van der Waals surface area contributed by atoms with E-state index in [1.54, 1.807) is 13.3 Å². The van der Waals surface area contributed by atoms with Crippen LogP contribution in [0, 0.1) is 11.5 Å². The van der Waals surface area contributed by atoms with Gasteiger partial charge in [-0.25, -0.2) is 14.5 Å². The lowest BCUT2D eigenvalue weighted by Gasteiger charge is -2.38. The summed E-state index contributed by atoms with van der Waals surface area (Å²) in [4.78, 5) is 9.20. The summed E-state index contributed by atoms with van der Waals surface area (Å²) in [5.74, 6) is 4.68. The second kappa shape index (κ2) is 9.12.